The molecular formula is C11H15NO3. The molecule has 0 fully saturated rings. The molecule has 1 amide bonds. The molecule has 0 radical (unpaired) electrons. The monoisotopic (exact) mass is 209 g/mol. The van der Waals surface area contributed by atoms with Gasteiger partial charge >= 0.3 is 6.09 Å². The van der Waals surface area contributed by atoms with Crippen molar-refractivity contribution in [2.24, 2.45) is 0 Å². The summed E-state index contributed by atoms with van der Waals surface area (Å²) in [4.78, 5) is 11.0. The Morgan fingerprint density at radius 3 is 2.73 bits per heavy atom. The van der Waals surface area contributed by atoms with Crippen LogP contribution in [0.2, 0.25) is 0 Å². The van der Waals surface area contributed by atoms with E-state index in [0.717, 1.165) is 17.7 Å². The van der Waals surface area contributed by atoms with Crippen molar-refractivity contribution in [2.45, 2.75) is 6.42 Å². The number of methoxy groups -OCH3 is 2. The predicted octanol–water partition coefficient (Wildman–Crippen LogP) is 2.05. The first kappa shape index (κ1) is 11.5. The van der Waals surface area contributed by atoms with E-state index in [2.05, 4.69) is 10.1 Å². The molecule has 0 saturated carbocycles. The minimum atomic E-state index is -0.458. The Balaban J connectivity index is 2.72. The molecule has 0 unspecified atom stereocenters. The fraction of sp³-hybridized carbons (Fsp3) is 0.364. The molecule has 0 bridgehead atoms. The highest BCUT2D eigenvalue weighted by Crippen LogP contribution is 2.15. The summed E-state index contributed by atoms with van der Waals surface area (Å²) in [5.74, 6) is 0. The fourth-order valence-electron chi connectivity index (χ4n) is 1.23. The highest BCUT2D eigenvalue weighted by molar-refractivity contribution is 5.85. The normalized spacial score (nSPS) is 9.73. The second-order valence-corrected chi connectivity index (χ2v) is 3.02. The number of ether oxygens (including phenoxy) is 2. The van der Waals surface area contributed by atoms with Gasteiger partial charge in [-0.3, -0.25) is 5.32 Å². The van der Waals surface area contributed by atoms with Crippen LogP contribution in [0.25, 0.3) is 0 Å². The number of anilines is 1. The van der Waals surface area contributed by atoms with Crippen LogP contribution >= 0.6 is 0 Å². The topological polar surface area (TPSA) is 47.6 Å². The Morgan fingerprint density at radius 1 is 1.33 bits per heavy atom. The number of para-hydroxylation sites is 1. The zero-order valence-corrected chi connectivity index (χ0v) is 8.95. The Kier molecular flexibility index (Phi) is 4.63. The Bertz CT molecular complexity index is 325. The van der Waals surface area contributed by atoms with Crippen molar-refractivity contribution >= 4 is 11.8 Å². The largest absolute Gasteiger partial charge is 0.453 e. The maximum Gasteiger partial charge on any atom is 0.411 e. The summed E-state index contributed by atoms with van der Waals surface area (Å²) in [6.45, 7) is 0.625. The summed E-state index contributed by atoms with van der Waals surface area (Å²) in [6, 6.07) is 7.57. The first-order valence-electron chi connectivity index (χ1n) is 4.69. The molecule has 82 valence electrons. The lowest BCUT2D eigenvalue weighted by Crippen LogP contribution is -2.13. The van der Waals surface area contributed by atoms with Crippen LogP contribution in [0.3, 0.4) is 0 Å². The van der Waals surface area contributed by atoms with Gasteiger partial charge in [0.15, 0.2) is 0 Å². The number of carbonyl (C=O) groups is 1. The minimum Gasteiger partial charge on any atom is -0.453 e. The van der Waals surface area contributed by atoms with Crippen molar-refractivity contribution in [1.82, 2.24) is 0 Å². The molecule has 1 aromatic carbocycles. The molecule has 0 aliphatic heterocycles. The summed E-state index contributed by atoms with van der Waals surface area (Å²) in [6.07, 6.45) is 0.302. The van der Waals surface area contributed by atoms with Crippen molar-refractivity contribution < 1.29 is 14.3 Å². The van der Waals surface area contributed by atoms with Crippen LogP contribution in [0.15, 0.2) is 24.3 Å². The standard InChI is InChI=1S/C11H15NO3/c1-14-8-7-9-5-3-4-6-10(9)12-11(13)15-2/h3-6H,7-8H2,1-2H3,(H,12,13). The van der Waals surface area contributed by atoms with Crippen LogP contribution in [-0.2, 0) is 15.9 Å². The summed E-state index contributed by atoms with van der Waals surface area (Å²) in [7, 11) is 2.99. The Morgan fingerprint density at radius 2 is 2.07 bits per heavy atom. The summed E-state index contributed by atoms with van der Waals surface area (Å²) in [5, 5.41) is 2.65. The lowest BCUT2D eigenvalue weighted by Gasteiger charge is -2.09. The van der Waals surface area contributed by atoms with Gasteiger partial charge in [0, 0.05) is 12.8 Å². The van der Waals surface area contributed by atoms with Crippen molar-refractivity contribution in [3.05, 3.63) is 29.8 Å². The van der Waals surface area contributed by atoms with Crippen LogP contribution in [0.1, 0.15) is 5.56 Å². The van der Waals surface area contributed by atoms with Gasteiger partial charge in [0.05, 0.1) is 13.7 Å². The van der Waals surface area contributed by atoms with Crippen LogP contribution in [0.5, 0.6) is 0 Å². The molecule has 0 atom stereocenters. The van der Waals surface area contributed by atoms with Crippen molar-refractivity contribution in [2.75, 3.05) is 26.1 Å². The van der Waals surface area contributed by atoms with E-state index < -0.39 is 6.09 Å². The Hall–Kier alpha value is -1.55. The SMILES string of the molecule is COCCc1ccccc1NC(=O)OC. The molecule has 4 nitrogen and oxygen atoms in total. The number of rotatable bonds is 4. The van der Waals surface area contributed by atoms with Gasteiger partial charge in [-0.05, 0) is 18.1 Å². The lowest BCUT2D eigenvalue weighted by molar-refractivity contribution is 0.186. The molecule has 1 N–H and O–H groups in total. The molecular weight excluding hydrogens is 194 g/mol. The third-order valence-corrected chi connectivity index (χ3v) is 2.02. The van der Waals surface area contributed by atoms with E-state index in [1.54, 1.807) is 7.11 Å². The molecule has 15 heavy (non-hydrogen) atoms. The number of nitrogens with one attached hydrogen (secondary N) is 1. The molecule has 0 aliphatic carbocycles. The van der Waals surface area contributed by atoms with Crippen LogP contribution in [0, 0.1) is 0 Å². The zero-order valence-electron chi connectivity index (χ0n) is 8.95. The van der Waals surface area contributed by atoms with Crippen LogP contribution in [-0.4, -0.2) is 26.9 Å². The summed E-state index contributed by atoms with van der Waals surface area (Å²) >= 11 is 0. The third kappa shape index (κ3) is 3.59. The van der Waals surface area contributed by atoms with Gasteiger partial charge in [0.2, 0.25) is 0 Å². The number of hydrogen-bond donors (Lipinski definition) is 1. The molecule has 1 aromatic rings. The van der Waals surface area contributed by atoms with Gasteiger partial charge in [0.1, 0.15) is 0 Å². The van der Waals surface area contributed by atoms with Crippen molar-refractivity contribution in [1.29, 1.82) is 0 Å². The second kappa shape index (κ2) is 6.03. The quantitative estimate of drug-likeness (QED) is 0.825. The highest BCUT2D eigenvalue weighted by atomic mass is 16.5. The van der Waals surface area contributed by atoms with Crippen molar-refractivity contribution in [3.8, 4) is 0 Å². The number of amides is 1. The smallest absolute Gasteiger partial charge is 0.411 e. The van der Waals surface area contributed by atoms with E-state index in [9.17, 15) is 4.79 Å². The van der Waals surface area contributed by atoms with E-state index in [4.69, 9.17) is 4.74 Å². The summed E-state index contributed by atoms with van der Waals surface area (Å²) in [5.41, 5.74) is 1.80. The predicted molar refractivity (Wildman–Crippen MR) is 58.0 cm³/mol. The number of benzene rings is 1. The Labute approximate surface area is 89.2 Å². The van der Waals surface area contributed by atoms with E-state index in [-0.39, 0.29) is 0 Å². The third-order valence-electron chi connectivity index (χ3n) is 2.02. The van der Waals surface area contributed by atoms with E-state index >= 15 is 0 Å². The highest BCUT2D eigenvalue weighted by Gasteiger charge is 2.05. The number of hydrogen-bond acceptors (Lipinski definition) is 3. The molecule has 1 rings (SSSR count). The molecule has 0 aliphatic rings. The molecule has 4 heteroatoms. The first-order valence-corrected chi connectivity index (χ1v) is 4.69. The van der Waals surface area contributed by atoms with E-state index in [1.165, 1.54) is 7.11 Å². The first-order chi connectivity index (χ1) is 7.27. The number of carbonyl (C=O) groups excluding carboxylic acids is 1. The van der Waals surface area contributed by atoms with Gasteiger partial charge in [-0.25, -0.2) is 4.79 Å². The minimum absolute atomic E-state index is 0.458. The fourth-order valence-corrected chi connectivity index (χ4v) is 1.23. The lowest BCUT2D eigenvalue weighted by atomic mass is 10.1. The average Bonchev–Trinajstić information content (AvgIpc) is 2.28. The molecule has 0 saturated heterocycles. The molecule has 0 heterocycles. The maximum atomic E-state index is 11.0. The molecule has 0 spiro atoms. The zero-order chi connectivity index (χ0) is 11.1. The maximum absolute atomic E-state index is 11.0. The second-order valence-electron chi connectivity index (χ2n) is 3.02. The van der Waals surface area contributed by atoms with Gasteiger partial charge in [0.25, 0.3) is 0 Å². The van der Waals surface area contributed by atoms with Crippen molar-refractivity contribution in [3.63, 3.8) is 0 Å². The van der Waals surface area contributed by atoms with Crippen LogP contribution < -0.4 is 5.32 Å². The molecule has 0 aromatic heterocycles. The van der Waals surface area contributed by atoms with E-state index in [0.29, 0.717) is 6.61 Å². The average molecular weight is 209 g/mol. The van der Waals surface area contributed by atoms with Gasteiger partial charge in [-0.15, -0.1) is 0 Å². The van der Waals surface area contributed by atoms with Gasteiger partial charge in [-0.1, -0.05) is 18.2 Å². The van der Waals surface area contributed by atoms with Gasteiger partial charge < -0.3 is 9.47 Å². The van der Waals surface area contributed by atoms with Gasteiger partial charge in [-0.2, -0.15) is 0 Å². The summed E-state index contributed by atoms with van der Waals surface area (Å²) < 4.78 is 9.52. The van der Waals surface area contributed by atoms with Crippen LogP contribution in [0.4, 0.5) is 10.5 Å². The van der Waals surface area contributed by atoms with E-state index in [1.807, 2.05) is 24.3 Å².